The number of likely N-dealkylation sites (tertiary alicyclic amines) is 1. The fourth-order valence-electron chi connectivity index (χ4n) is 2.85. The fraction of sp³-hybridized carbons (Fsp3) is 0.238. The fourth-order valence-corrected chi connectivity index (χ4v) is 3.42. The second-order valence-electron chi connectivity index (χ2n) is 6.30. The molecule has 1 saturated heterocycles. The Kier molecular flexibility index (Phi) is 6.52. The topological polar surface area (TPSA) is 66.0 Å². The molecule has 3 N–H and O–H groups in total. The standard InChI is InChI=1S/C12H16N2.C9H8N2S/c13-12-6-8-14(9-7-12)10-11-4-2-1-3-5-11;10-9-11-8(6-12-9)7-4-2-1-3-5-7/h1-5,13H,6-10H2;1-6H,(H2,10,11). The van der Waals surface area contributed by atoms with Crippen molar-refractivity contribution in [3.8, 4) is 11.3 Å². The van der Waals surface area contributed by atoms with Crippen molar-refractivity contribution in [2.45, 2.75) is 19.4 Å². The normalized spacial score (nSPS) is 14.5. The van der Waals surface area contributed by atoms with Gasteiger partial charge in [0.25, 0.3) is 0 Å². The van der Waals surface area contributed by atoms with E-state index in [0.29, 0.717) is 5.13 Å². The van der Waals surface area contributed by atoms with Crippen LogP contribution in [0.3, 0.4) is 0 Å². The molecule has 0 bridgehead atoms. The third kappa shape index (κ3) is 5.51. The van der Waals surface area contributed by atoms with E-state index in [0.717, 1.165) is 49.4 Å². The summed E-state index contributed by atoms with van der Waals surface area (Å²) in [6.07, 6.45) is 1.90. The van der Waals surface area contributed by atoms with Crippen LogP contribution in [0.25, 0.3) is 11.3 Å². The summed E-state index contributed by atoms with van der Waals surface area (Å²) in [6.45, 7) is 3.13. The molecule has 1 aliphatic rings. The first-order valence-corrected chi connectivity index (χ1v) is 9.67. The van der Waals surface area contributed by atoms with Gasteiger partial charge in [0.05, 0.1) is 5.69 Å². The predicted molar refractivity (Wildman–Crippen MR) is 111 cm³/mol. The molecule has 0 atom stereocenters. The number of nitrogen functional groups attached to an aromatic ring is 1. The summed E-state index contributed by atoms with van der Waals surface area (Å²) in [5.74, 6) is 0. The van der Waals surface area contributed by atoms with Crippen LogP contribution in [0, 0.1) is 5.41 Å². The zero-order valence-corrected chi connectivity index (χ0v) is 15.6. The molecule has 4 rings (SSSR count). The molecule has 2 heterocycles. The van der Waals surface area contributed by atoms with Gasteiger partial charge in [0, 0.05) is 36.3 Å². The number of thiazole rings is 1. The Morgan fingerprint density at radius 3 is 2.15 bits per heavy atom. The summed E-state index contributed by atoms with van der Waals surface area (Å²) >= 11 is 1.47. The lowest BCUT2D eigenvalue weighted by atomic mass is 10.1. The number of hydrogen-bond acceptors (Lipinski definition) is 5. The molecule has 0 spiro atoms. The number of hydrogen-bond donors (Lipinski definition) is 2. The predicted octanol–water partition coefficient (Wildman–Crippen LogP) is 4.69. The Labute approximate surface area is 158 Å². The van der Waals surface area contributed by atoms with Gasteiger partial charge in [-0.25, -0.2) is 4.98 Å². The number of nitrogens with two attached hydrogens (primary N) is 1. The molecule has 134 valence electrons. The van der Waals surface area contributed by atoms with Gasteiger partial charge >= 0.3 is 0 Å². The number of benzene rings is 2. The highest BCUT2D eigenvalue weighted by molar-refractivity contribution is 7.13. The van der Waals surface area contributed by atoms with Crippen LogP contribution in [-0.2, 0) is 6.54 Å². The quantitative estimate of drug-likeness (QED) is 0.708. The van der Waals surface area contributed by atoms with Gasteiger partial charge in [-0.15, -0.1) is 11.3 Å². The maximum atomic E-state index is 7.53. The number of nitrogens with one attached hydrogen (secondary N) is 1. The summed E-state index contributed by atoms with van der Waals surface area (Å²) in [4.78, 5) is 6.60. The molecule has 1 aliphatic heterocycles. The second kappa shape index (κ2) is 9.27. The van der Waals surface area contributed by atoms with E-state index < -0.39 is 0 Å². The Balaban J connectivity index is 0.000000152. The number of rotatable bonds is 3. The van der Waals surface area contributed by atoms with Crippen LogP contribution < -0.4 is 5.73 Å². The van der Waals surface area contributed by atoms with Gasteiger partial charge < -0.3 is 11.1 Å². The summed E-state index contributed by atoms with van der Waals surface area (Å²) in [7, 11) is 0. The van der Waals surface area contributed by atoms with Gasteiger partial charge in [0.2, 0.25) is 0 Å². The third-order valence-electron chi connectivity index (χ3n) is 4.30. The Morgan fingerprint density at radius 1 is 0.962 bits per heavy atom. The smallest absolute Gasteiger partial charge is 0.180 e. The molecule has 4 nitrogen and oxygen atoms in total. The van der Waals surface area contributed by atoms with Gasteiger partial charge in [0.15, 0.2) is 5.13 Å². The molecule has 1 aromatic heterocycles. The maximum Gasteiger partial charge on any atom is 0.180 e. The molecule has 5 heteroatoms. The number of aromatic nitrogens is 1. The molecule has 2 aromatic carbocycles. The van der Waals surface area contributed by atoms with Crippen LogP contribution >= 0.6 is 11.3 Å². The molecule has 26 heavy (non-hydrogen) atoms. The highest BCUT2D eigenvalue weighted by atomic mass is 32.1. The molecule has 0 amide bonds. The summed E-state index contributed by atoms with van der Waals surface area (Å²) in [5.41, 5.74) is 9.88. The molecular formula is C21H24N4S. The molecule has 0 radical (unpaired) electrons. The van der Waals surface area contributed by atoms with E-state index in [1.807, 2.05) is 35.7 Å². The Morgan fingerprint density at radius 2 is 1.58 bits per heavy atom. The van der Waals surface area contributed by atoms with Crippen molar-refractivity contribution in [1.29, 1.82) is 5.41 Å². The van der Waals surface area contributed by atoms with E-state index in [4.69, 9.17) is 11.1 Å². The Bertz CT molecular complexity index is 804. The number of nitrogens with zero attached hydrogens (tertiary/aromatic N) is 2. The zero-order valence-electron chi connectivity index (χ0n) is 14.8. The minimum atomic E-state index is 0.619. The zero-order chi connectivity index (χ0) is 18.2. The van der Waals surface area contributed by atoms with Crippen molar-refractivity contribution in [3.05, 3.63) is 71.6 Å². The summed E-state index contributed by atoms with van der Waals surface area (Å²) in [6, 6.07) is 20.6. The van der Waals surface area contributed by atoms with Crippen LogP contribution in [0.2, 0.25) is 0 Å². The average Bonchev–Trinajstić information content (AvgIpc) is 3.12. The molecular weight excluding hydrogens is 340 g/mol. The van der Waals surface area contributed by atoms with E-state index in [1.54, 1.807) is 0 Å². The summed E-state index contributed by atoms with van der Waals surface area (Å²) < 4.78 is 0. The molecule has 0 aliphatic carbocycles. The van der Waals surface area contributed by atoms with Gasteiger partial charge in [-0.3, -0.25) is 4.90 Å². The van der Waals surface area contributed by atoms with Crippen molar-refractivity contribution in [2.75, 3.05) is 18.8 Å². The lowest BCUT2D eigenvalue weighted by molar-refractivity contribution is 0.266. The lowest BCUT2D eigenvalue weighted by Gasteiger charge is -2.26. The van der Waals surface area contributed by atoms with Crippen LogP contribution in [0.15, 0.2) is 66.0 Å². The monoisotopic (exact) mass is 364 g/mol. The van der Waals surface area contributed by atoms with Gasteiger partial charge in [0.1, 0.15) is 0 Å². The number of piperidine rings is 1. The first-order chi connectivity index (χ1) is 12.7. The minimum Gasteiger partial charge on any atom is -0.375 e. The molecule has 1 fully saturated rings. The van der Waals surface area contributed by atoms with Gasteiger partial charge in [-0.05, 0) is 18.4 Å². The minimum absolute atomic E-state index is 0.619. The first kappa shape index (κ1) is 18.3. The molecule has 3 aromatic rings. The maximum absolute atomic E-state index is 7.53. The highest BCUT2D eigenvalue weighted by Gasteiger charge is 2.13. The van der Waals surface area contributed by atoms with E-state index in [-0.39, 0.29) is 0 Å². The third-order valence-corrected chi connectivity index (χ3v) is 4.97. The summed E-state index contributed by atoms with van der Waals surface area (Å²) in [5, 5.41) is 10.1. The van der Waals surface area contributed by atoms with E-state index in [2.05, 4.69) is 40.2 Å². The van der Waals surface area contributed by atoms with Crippen LogP contribution in [0.1, 0.15) is 18.4 Å². The average molecular weight is 365 g/mol. The van der Waals surface area contributed by atoms with E-state index >= 15 is 0 Å². The van der Waals surface area contributed by atoms with Crippen molar-refractivity contribution in [3.63, 3.8) is 0 Å². The van der Waals surface area contributed by atoms with Crippen LogP contribution in [-0.4, -0.2) is 28.7 Å². The van der Waals surface area contributed by atoms with Crippen molar-refractivity contribution >= 4 is 22.2 Å². The first-order valence-electron chi connectivity index (χ1n) is 8.80. The Hall–Kier alpha value is -2.50. The molecule has 0 saturated carbocycles. The van der Waals surface area contributed by atoms with Crippen LogP contribution in [0.5, 0.6) is 0 Å². The lowest BCUT2D eigenvalue weighted by Crippen LogP contribution is -2.32. The van der Waals surface area contributed by atoms with E-state index in [1.165, 1.54) is 16.9 Å². The van der Waals surface area contributed by atoms with Crippen molar-refractivity contribution in [2.24, 2.45) is 0 Å². The van der Waals surface area contributed by atoms with Crippen molar-refractivity contribution in [1.82, 2.24) is 9.88 Å². The highest BCUT2D eigenvalue weighted by Crippen LogP contribution is 2.22. The molecule has 0 unspecified atom stereocenters. The SMILES string of the molecule is N=C1CCN(Cc2ccccc2)CC1.Nc1nc(-c2ccccc2)cs1. The van der Waals surface area contributed by atoms with Gasteiger partial charge in [-0.2, -0.15) is 0 Å². The van der Waals surface area contributed by atoms with Crippen molar-refractivity contribution < 1.29 is 0 Å². The number of anilines is 1. The van der Waals surface area contributed by atoms with Crippen LogP contribution in [0.4, 0.5) is 5.13 Å². The second-order valence-corrected chi connectivity index (χ2v) is 7.19. The van der Waals surface area contributed by atoms with E-state index in [9.17, 15) is 0 Å². The van der Waals surface area contributed by atoms with Gasteiger partial charge in [-0.1, -0.05) is 60.7 Å². The largest absolute Gasteiger partial charge is 0.375 e.